The molecular formula is C17H17ClN2O4S. The highest BCUT2D eigenvalue weighted by molar-refractivity contribution is 7.18. The number of Topliss-reactive ketones (excluding diaryl/α,β-unsaturated/α-hetero) is 1. The molecule has 6 nitrogen and oxygen atoms in total. The van der Waals surface area contributed by atoms with Crippen molar-refractivity contribution in [1.82, 2.24) is 5.32 Å². The van der Waals surface area contributed by atoms with Crippen LogP contribution in [-0.2, 0) is 4.74 Å². The molecule has 2 amide bonds. The zero-order valence-electron chi connectivity index (χ0n) is 13.7. The van der Waals surface area contributed by atoms with Crippen molar-refractivity contribution < 1.29 is 19.1 Å². The molecule has 2 rings (SSSR count). The number of urea groups is 1. The summed E-state index contributed by atoms with van der Waals surface area (Å²) in [6, 6.07) is 9.10. The Morgan fingerprint density at radius 1 is 1.20 bits per heavy atom. The number of carbonyl (C=O) groups is 3. The number of ketones is 1. The van der Waals surface area contributed by atoms with Crippen LogP contribution >= 0.6 is 22.9 Å². The van der Waals surface area contributed by atoms with E-state index in [2.05, 4.69) is 10.6 Å². The quantitative estimate of drug-likeness (QED) is 0.586. The van der Waals surface area contributed by atoms with E-state index in [0.29, 0.717) is 14.9 Å². The number of thiophene rings is 1. The molecule has 8 heteroatoms. The van der Waals surface area contributed by atoms with Gasteiger partial charge in [0.05, 0.1) is 14.8 Å². The number of halogens is 1. The van der Waals surface area contributed by atoms with E-state index in [1.54, 1.807) is 30.3 Å². The molecule has 0 bridgehead atoms. The van der Waals surface area contributed by atoms with Gasteiger partial charge in [-0.05, 0) is 44.2 Å². The Morgan fingerprint density at radius 2 is 1.96 bits per heavy atom. The van der Waals surface area contributed by atoms with Crippen molar-refractivity contribution in [2.75, 3.05) is 11.9 Å². The lowest BCUT2D eigenvalue weighted by atomic mass is 10.2. The van der Waals surface area contributed by atoms with E-state index in [0.717, 1.165) is 11.3 Å². The van der Waals surface area contributed by atoms with Crippen LogP contribution in [-0.4, -0.2) is 30.4 Å². The standard InChI is InChI=1S/C17H17ClN2O4S/c1-10(2)19-17(23)20-12-5-3-4-11(8-12)16(22)24-9-13(21)14-6-7-15(18)25-14/h3-8,10H,9H2,1-2H3,(H2,19,20,23). The highest BCUT2D eigenvalue weighted by Crippen LogP contribution is 2.22. The van der Waals surface area contributed by atoms with Crippen LogP contribution in [0.3, 0.4) is 0 Å². The van der Waals surface area contributed by atoms with Crippen molar-refractivity contribution >= 4 is 46.4 Å². The molecular weight excluding hydrogens is 364 g/mol. The van der Waals surface area contributed by atoms with Crippen molar-refractivity contribution in [2.45, 2.75) is 19.9 Å². The number of amides is 2. The molecule has 1 heterocycles. The molecule has 1 aromatic heterocycles. The molecule has 0 radical (unpaired) electrons. The van der Waals surface area contributed by atoms with Gasteiger partial charge in [-0.2, -0.15) is 0 Å². The zero-order chi connectivity index (χ0) is 18.4. The molecule has 0 aliphatic heterocycles. The Bertz CT molecular complexity index is 788. The number of hydrogen-bond acceptors (Lipinski definition) is 5. The van der Waals surface area contributed by atoms with Crippen LogP contribution in [0, 0.1) is 0 Å². The molecule has 2 N–H and O–H groups in total. The van der Waals surface area contributed by atoms with Gasteiger partial charge < -0.3 is 15.4 Å². The molecule has 132 valence electrons. The molecule has 25 heavy (non-hydrogen) atoms. The minimum atomic E-state index is -0.649. The second-order valence-electron chi connectivity index (χ2n) is 5.44. The predicted octanol–water partition coefficient (Wildman–Crippen LogP) is 3.97. The van der Waals surface area contributed by atoms with Gasteiger partial charge in [-0.3, -0.25) is 4.79 Å². The summed E-state index contributed by atoms with van der Waals surface area (Å²) in [6.45, 7) is 3.30. The van der Waals surface area contributed by atoms with E-state index < -0.39 is 5.97 Å². The second-order valence-corrected chi connectivity index (χ2v) is 7.15. The van der Waals surface area contributed by atoms with Crippen molar-refractivity contribution in [3.8, 4) is 0 Å². The average Bonchev–Trinajstić information content (AvgIpc) is 2.98. The molecule has 0 fully saturated rings. The van der Waals surface area contributed by atoms with E-state index in [1.807, 2.05) is 13.8 Å². The van der Waals surface area contributed by atoms with Crippen molar-refractivity contribution in [1.29, 1.82) is 0 Å². The molecule has 0 saturated heterocycles. The summed E-state index contributed by atoms with van der Waals surface area (Å²) in [4.78, 5) is 36.1. The number of hydrogen-bond donors (Lipinski definition) is 2. The van der Waals surface area contributed by atoms with Gasteiger partial charge >= 0.3 is 12.0 Å². The summed E-state index contributed by atoms with van der Waals surface area (Å²) in [5.74, 6) is -0.972. The lowest BCUT2D eigenvalue weighted by molar-refractivity contribution is 0.0476. The third-order valence-corrected chi connectivity index (χ3v) is 4.23. The third kappa shape index (κ3) is 5.88. The fourth-order valence-electron chi connectivity index (χ4n) is 1.90. The lowest BCUT2D eigenvalue weighted by Gasteiger charge is -2.11. The Hall–Kier alpha value is -2.38. The minimum Gasteiger partial charge on any atom is -0.454 e. The number of rotatable bonds is 6. The highest BCUT2D eigenvalue weighted by atomic mass is 35.5. The first-order chi connectivity index (χ1) is 11.8. The van der Waals surface area contributed by atoms with Crippen LogP contribution in [0.4, 0.5) is 10.5 Å². The topological polar surface area (TPSA) is 84.5 Å². The first-order valence-electron chi connectivity index (χ1n) is 7.48. The Morgan fingerprint density at radius 3 is 2.60 bits per heavy atom. The molecule has 0 saturated carbocycles. The van der Waals surface area contributed by atoms with Gasteiger partial charge in [0.15, 0.2) is 6.61 Å². The number of nitrogens with one attached hydrogen (secondary N) is 2. The van der Waals surface area contributed by atoms with E-state index in [1.165, 1.54) is 6.07 Å². The van der Waals surface area contributed by atoms with E-state index in [9.17, 15) is 14.4 Å². The van der Waals surface area contributed by atoms with Crippen molar-refractivity contribution in [2.24, 2.45) is 0 Å². The molecule has 1 aromatic carbocycles. The van der Waals surface area contributed by atoms with Crippen LogP contribution in [0.25, 0.3) is 0 Å². The number of ether oxygens (including phenoxy) is 1. The van der Waals surface area contributed by atoms with Crippen molar-refractivity contribution in [3.63, 3.8) is 0 Å². The molecule has 0 aliphatic carbocycles. The van der Waals surface area contributed by atoms with Gasteiger partial charge in [-0.1, -0.05) is 17.7 Å². The molecule has 0 unspecified atom stereocenters. The molecule has 2 aromatic rings. The average molecular weight is 381 g/mol. The minimum absolute atomic E-state index is 0.00934. The van der Waals surface area contributed by atoms with Crippen LogP contribution in [0.2, 0.25) is 4.34 Å². The van der Waals surface area contributed by atoms with Gasteiger partial charge in [0.1, 0.15) is 0 Å². The Kier molecular flexibility index (Phi) is 6.55. The van der Waals surface area contributed by atoms with Crippen molar-refractivity contribution in [3.05, 3.63) is 51.2 Å². The molecule has 0 spiro atoms. The first-order valence-corrected chi connectivity index (χ1v) is 8.68. The SMILES string of the molecule is CC(C)NC(=O)Nc1cccc(C(=O)OCC(=O)c2ccc(Cl)s2)c1. The van der Waals surface area contributed by atoms with Crippen LogP contribution in [0.1, 0.15) is 33.9 Å². The monoisotopic (exact) mass is 380 g/mol. The van der Waals surface area contributed by atoms with Crippen LogP contribution in [0.5, 0.6) is 0 Å². The van der Waals surface area contributed by atoms with Gasteiger partial charge in [0, 0.05) is 11.7 Å². The summed E-state index contributed by atoms with van der Waals surface area (Å²) < 4.78 is 5.52. The van der Waals surface area contributed by atoms with Crippen LogP contribution in [0.15, 0.2) is 36.4 Å². The Labute approximate surface area is 154 Å². The summed E-state index contributed by atoms with van der Waals surface area (Å²) in [6.07, 6.45) is 0. The highest BCUT2D eigenvalue weighted by Gasteiger charge is 2.14. The predicted molar refractivity (Wildman–Crippen MR) is 97.7 cm³/mol. The van der Waals surface area contributed by atoms with Gasteiger partial charge in [-0.25, -0.2) is 9.59 Å². The third-order valence-electron chi connectivity index (χ3n) is 2.96. The number of carbonyl (C=O) groups excluding carboxylic acids is 3. The summed E-state index contributed by atoms with van der Waals surface area (Å²) in [7, 11) is 0. The van der Waals surface area contributed by atoms with Gasteiger partial charge in [0.25, 0.3) is 0 Å². The first kappa shape index (κ1) is 19.0. The fourth-order valence-corrected chi connectivity index (χ4v) is 2.87. The number of esters is 1. The van der Waals surface area contributed by atoms with E-state index >= 15 is 0 Å². The zero-order valence-corrected chi connectivity index (χ0v) is 15.2. The lowest BCUT2D eigenvalue weighted by Crippen LogP contribution is -2.34. The summed E-state index contributed by atoms with van der Waals surface area (Å²) in [5, 5.41) is 5.30. The largest absolute Gasteiger partial charge is 0.454 e. The number of benzene rings is 1. The molecule has 0 atom stereocenters. The van der Waals surface area contributed by atoms with E-state index in [4.69, 9.17) is 16.3 Å². The Balaban J connectivity index is 1.94. The molecule has 0 aliphatic rings. The van der Waals surface area contributed by atoms with E-state index in [-0.39, 0.29) is 30.0 Å². The summed E-state index contributed by atoms with van der Waals surface area (Å²) >= 11 is 6.90. The van der Waals surface area contributed by atoms with Gasteiger partial charge in [-0.15, -0.1) is 11.3 Å². The maximum Gasteiger partial charge on any atom is 0.338 e. The smallest absolute Gasteiger partial charge is 0.338 e. The van der Waals surface area contributed by atoms with Crippen LogP contribution < -0.4 is 10.6 Å². The van der Waals surface area contributed by atoms with Gasteiger partial charge in [0.2, 0.25) is 5.78 Å². The maximum atomic E-state index is 12.1. The second kappa shape index (κ2) is 8.64. The number of anilines is 1. The summed E-state index contributed by atoms with van der Waals surface area (Å²) in [5.41, 5.74) is 0.684. The normalized spacial score (nSPS) is 10.4. The fraction of sp³-hybridized carbons (Fsp3) is 0.235. The maximum absolute atomic E-state index is 12.1.